The number of ether oxygens (including phenoxy) is 1. The van der Waals surface area contributed by atoms with Gasteiger partial charge in [-0.3, -0.25) is 4.79 Å². The third-order valence-corrected chi connectivity index (χ3v) is 4.69. The zero-order chi connectivity index (χ0) is 16.3. The maximum atomic E-state index is 12.2. The zero-order valence-corrected chi connectivity index (χ0v) is 13.3. The number of piperidine rings is 1. The van der Waals surface area contributed by atoms with Crippen LogP contribution in [0.1, 0.15) is 36.4 Å². The first-order valence-electron chi connectivity index (χ1n) is 7.15. The van der Waals surface area contributed by atoms with E-state index < -0.39 is 18.9 Å². The van der Waals surface area contributed by atoms with Gasteiger partial charge in [0.1, 0.15) is 12.7 Å². The summed E-state index contributed by atoms with van der Waals surface area (Å²) in [4.78, 5) is 18.2. The van der Waals surface area contributed by atoms with Gasteiger partial charge in [-0.05, 0) is 26.7 Å². The van der Waals surface area contributed by atoms with Gasteiger partial charge in [0.2, 0.25) is 0 Å². The van der Waals surface area contributed by atoms with Gasteiger partial charge < -0.3 is 9.64 Å². The number of hydrogen-bond acceptors (Lipinski definition) is 4. The Morgan fingerprint density at radius 1 is 1.59 bits per heavy atom. The predicted octanol–water partition coefficient (Wildman–Crippen LogP) is 3.12. The molecule has 1 saturated heterocycles. The highest BCUT2D eigenvalue weighted by Crippen LogP contribution is 2.29. The molecule has 1 aromatic heterocycles. The minimum atomic E-state index is -4.42. The Balaban J connectivity index is 1.92. The Hall–Kier alpha value is -1.15. The molecular formula is C14H19F3N2O2S. The van der Waals surface area contributed by atoms with Gasteiger partial charge in [-0.25, -0.2) is 4.98 Å². The smallest absolute Gasteiger partial charge is 0.359 e. The van der Waals surface area contributed by atoms with Crippen LogP contribution >= 0.6 is 11.3 Å². The van der Waals surface area contributed by atoms with E-state index in [-0.39, 0.29) is 11.8 Å². The van der Waals surface area contributed by atoms with E-state index in [0.29, 0.717) is 13.1 Å². The van der Waals surface area contributed by atoms with E-state index in [1.54, 1.807) is 16.2 Å². The molecule has 2 atom stereocenters. The Kier molecular flexibility index (Phi) is 5.44. The molecular weight excluding hydrogens is 317 g/mol. The molecule has 0 aliphatic carbocycles. The van der Waals surface area contributed by atoms with Crippen molar-refractivity contribution in [2.45, 2.75) is 44.9 Å². The fourth-order valence-corrected chi connectivity index (χ4v) is 3.41. The van der Waals surface area contributed by atoms with Crippen LogP contribution in [0.4, 0.5) is 13.2 Å². The second-order valence-corrected chi connectivity index (χ2v) is 6.41. The van der Waals surface area contributed by atoms with Crippen molar-refractivity contribution in [3.63, 3.8) is 0 Å². The number of aryl methyl sites for hydroxylation is 1. The number of amides is 1. The second-order valence-electron chi connectivity index (χ2n) is 5.52. The van der Waals surface area contributed by atoms with Gasteiger partial charge in [0.25, 0.3) is 5.91 Å². The van der Waals surface area contributed by atoms with Crippen molar-refractivity contribution in [2.24, 2.45) is 0 Å². The minimum Gasteiger partial charge on any atom is -0.359 e. The highest BCUT2D eigenvalue weighted by molar-refractivity contribution is 7.09. The molecule has 1 fully saturated rings. The lowest BCUT2D eigenvalue weighted by atomic mass is 9.98. The Labute approximate surface area is 131 Å². The lowest BCUT2D eigenvalue weighted by molar-refractivity contribution is -0.188. The number of aromatic nitrogens is 1. The highest BCUT2D eigenvalue weighted by Gasteiger charge is 2.33. The first-order chi connectivity index (χ1) is 10.3. The number of nitrogens with zero attached hydrogens (tertiary/aromatic N) is 2. The topological polar surface area (TPSA) is 42.4 Å². The van der Waals surface area contributed by atoms with Gasteiger partial charge in [0.15, 0.2) is 0 Å². The number of carbonyl (C=O) groups is 1. The molecule has 8 heteroatoms. The average Bonchev–Trinajstić information content (AvgIpc) is 2.90. The Bertz CT molecular complexity index is 518. The van der Waals surface area contributed by atoms with Gasteiger partial charge in [-0.2, -0.15) is 13.2 Å². The molecule has 0 spiro atoms. The molecule has 0 bridgehead atoms. The highest BCUT2D eigenvalue weighted by atomic mass is 32.1. The van der Waals surface area contributed by atoms with Crippen molar-refractivity contribution in [2.75, 3.05) is 19.7 Å². The molecule has 0 saturated carbocycles. The molecule has 1 amide bonds. The SMILES string of the molecule is Cc1csc([C@@H]2CCCN(C(=O)[C@@H](C)OCC(F)(F)F)C2)n1. The summed E-state index contributed by atoms with van der Waals surface area (Å²) in [5.74, 6) is -0.228. The van der Waals surface area contributed by atoms with E-state index in [1.807, 2.05) is 12.3 Å². The zero-order valence-electron chi connectivity index (χ0n) is 12.5. The number of rotatable bonds is 4. The summed E-state index contributed by atoms with van der Waals surface area (Å²) in [6.07, 6.45) is -3.74. The Morgan fingerprint density at radius 2 is 2.32 bits per heavy atom. The van der Waals surface area contributed by atoms with E-state index in [0.717, 1.165) is 23.5 Å². The maximum Gasteiger partial charge on any atom is 0.411 e. The van der Waals surface area contributed by atoms with Crippen LogP contribution in [0.2, 0.25) is 0 Å². The van der Waals surface area contributed by atoms with Crippen LogP contribution in [0.3, 0.4) is 0 Å². The quantitative estimate of drug-likeness (QED) is 0.848. The number of likely N-dealkylation sites (tertiary alicyclic amines) is 1. The predicted molar refractivity (Wildman–Crippen MR) is 76.9 cm³/mol. The third kappa shape index (κ3) is 4.67. The lowest BCUT2D eigenvalue weighted by Gasteiger charge is -2.33. The fourth-order valence-electron chi connectivity index (χ4n) is 2.49. The summed E-state index contributed by atoms with van der Waals surface area (Å²) in [6, 6.07) is 0. The lowest BCUT2D eigenvalue weighted by Crippen LogP contribution is -2.45. The summed E-state index contributed by atoms with van der Waals surface area (Å²) >= 11 is 1.56. The molecule has 0 unspecified atom stereocenters. The summed E-state index contributed by atoms with van der Waals surface area (Å²) in [7, 11) is 0. The van der Waals surface area contributed by atoms with Crippen molar-refractivity contribution in [3.8, 4) is 0 Å². The molecule has 22 heavy (non-hydrogen) atoms. The van der Waals surface area contributed by atoms with Crippen LogP contribution in [0.25, 0.3) is 0 Å². The van der Waals surface area contributed by atoms with Gasteiger partial charge in [-0.1, -0.05) is 0 Å². The van der Waals surface area contributed by atoms with Crippen LogP contribution in [0.15, 0.2) is 5.38 Å². The number of alkyl halides is 3. The molecule has 2 heterocycles. The molecule has 1 aromatic rings. The van der Waals surface area contributed by atoms with Crippen LogP contribution in [0, 0.1) is 6.92 Å². The van der Waals surface area contributed by atoms with E-state index in [4.69, 9.17) is 0 Å². The Morgan fingerprint density at radius 3 is 2.91 bits per heavy atom. The summed E-state index contributed by atoms with van der Waals surface area (Å²) in [5, 5.41) is 2.95. The number of hydrogen-bond donors (Lipinski definition) is 0. The summed E-state index contributed by atoms with van der Waals surface area (Å²) in [5.41, 5.74) is 0.949. The van der Waals surface area contributed by atoms with Gasteiger partial charge in [0, 0.05) is 30.1 Å². The van der Waals surface area contributed by atoms with E-state index in [9.17, 15) is 18.0 Å². The normalized spacial score (nSPS) is 21.0. The van der Waals surface area contributed by atoms with E-state index in [1.165, 1.54) is 6.92 Å². The summed E-state index contributed by atoms with van der Waals surface area (Å²) < 4.78 is 41.1. The molecule has 2 rings (SSSR count). The first kappa shape index (κ1) is 17.2. The van der Waals surface area contributed by atoms with Crippen molar-refractivity contribution in [1.29, 1.82) is 0 Å². The molecule has 0 N–H and O–H groups in total. The largest absolute Gasteiger partial charge is 0.411 e. The van der Waals surface area contributed by atoms with Crippen LogP contribution in [-0.2, 0) is 9.53 Å². The van der Waals surface area contributed by atoms with Gasteiger partial charge >= 0.3 is 6.18 Å². The van der Waals surface area contributed by atoms with Crippen LogP contribution in [-0.4, -0.2) is 47.8 Å². The van der Waals surface area contributed by atoms with Gasteiger partial charge in [-0.15, -0.1) is 11.3 Å². The van der Waals surface area contributed by atoms with E-state index >= 15 is 0 Å². The standard InChI is InChI=1S/C14H19F3N2O2S/c1-9-7-22-12(18-9)11-4-3-5-19(6-11)13(20)10(2)21-8-14(15,16)17/h7,10-11H,3-6,8H2,1-2H3/t10-,11-/m1/s1. The third-order valence-electron chi connectivity index (χ3n) is 3.56. The minimum absolute atomic E-state index is 0.159. The van der Waals surface area contributed by atoms with Crippen molar-refractivity contribution in [1.82, 2.24) is 9.88 Å². The van der Waals surface area contributed by atoms with Gasteiger partial charge in [0.05, 0.1) is 5.01 Å². The van der Waals surface area contributed by atoms with Crippen molar-refractivity contribution >= 4 is 17.2 Å². The fraction of sp³-hybridized carbons (Fsp3) is 0.714. The van der Waals surface area contributed by atoms with Crippen molar-refractivity contribution < 1.29 is 22.7 Å². The molecule has 0 aromatic carbocycles. The molecule has 1 aliphatic heterocycles. The van der Waals surface area contributed by atoms with Crippen LogP contribution < -0.4 is 0 Å². The molecule has 4 nitrogen and oxygen atoms in total. The number of carbonyl (C=O) groups excluding carboxylic acids is 1. The summed E-state index contributed by atoms with van der Waals surface area (Å²) in [6.45, 7) is 2.93. The maximum absolute atomic E-state index is 12.2. The average molecular weight is 336 g/mol. The molecule has 124 valence electrons. The van der Waals surface area contributed by atoms with Crippen molar-refractivity contribution in [3.05, 3.63) is 16.1 Å². The monoisotopic (exact) mass is 336 g/mol. The molecule has 0 radical (unpaired) electrons. The van der Waals surface area contributed by atoms with E-state index in [2.05, 4.69) is 9.72 Å². The second kappa shape index (κ2) is 6.95. The first-order valence-corrected chi connectivity index (χ1v) is 8.03. The molecule has 1 aliphatic rings. The number of halogens is 3. The number of thiazole rings is 1. The van der Waals surface area contributed by atoms with Crippen LogP contribution in [0.5, 0.6) is 0 Å².